The Hall–Kier alpha value is -2.60. The lowest BCUT2D eigenvalue weighted by Crippen LogP contribution is -2.45. The van der Waals surface area contributed by atoms with Gasteiger partial charge in [0.25, 0.3) is 0 Å². The minimum atomic E-state index is 0.100. The zero-order valence-electron chi connectivity index (χ0n) is 13.7. The van der Waals surface area contributed by atoms with Gasteiger partial charge in [-0.2, -0.15) is 0 Å². The molecule has 1 fully saturated rings. The first-order valence-electron chi connectivity index (χ1n) is 7.89. The Kier molecular flexibility index (Phi) is 4.66. The van der Waals surface area contributed by atoms with Crippen molar-refractivity contribution >= 4 is 18.3 Å². The SMILES string of the molecule is CC1CN(c2ccc(-c3ccnc(C=O)c3)nc2C=O)CC(C)O1. The average Bonchev–Trinajstić information content (AvgIpc) is 2.60. The highest BCUT2D eigenvalue weighted by molar-refractivity contribution is 5.84. The minimum absolute atomic E-state index is 0.100. The van der Waals surface area contributed by atoms with E-state index in [1.54, 1.807) is 18.3 Å². The predicted molar refractivity (Wildman–Crippen MR) is 90.5 cm³/mol. The molecule has 3 heterocycles. The number of carbonyl (C=O) groups excluding carboxylic acids is 2. The van der Waals surface area contributed by atoms with Crippen LogP contribution in [0.1, 0.15) is 34.8 Å². The average molecular weight is 325 g/mol. The third-order valence-corrected chi connectivity index (χ3v) is 3.97. The van der Waals surface area contributed by atoms with Crippen LogP contribution in [0.2, 0.25) is 0 Å². The lowest BCUT2D eigenvalue weighted by Gasteiger charge is -2.37. The normalized spacial score (nSPS) is 20.7. The van der Waals surface area contributed by atoms with Crippen LogP contribution in [-0.4, -0.2) is 47.8 Å². The highest BCUT2D eigenvalue weighted by atomic mass is 16.5. The van der Waals surface area contributed by atoms with E-state index >= 15 is 0 Å². The molecule has 0 saturated carbocycles. The smallest absolute Gasteiger partial charge is 0.170 e. The number of anilines is 1. The van der Waals surface area contributed by atoms with E-state index in [2.05, 4.69) is 14.9 Å². The van der Waals surface area contributed by atoms with Gasteiger partial charge in [-0.05, 0) is 38.1 Å². The fourth-order valence-electron chi connectivity index (χ4n) is 3.03. The number of hydrogen-bond acceptors (Lipinski definition) is 6. The Balaban J connectivity index is 1.96. The summed E-state index contributed by atoms with van der Waals surface area (Å²) in [7, 11) is 0. The third-order valence-electron chi connectivity index (χ3n) is 3.97. The van der Waals surface area contributed by atoms with Gasteiger partial charge in [0.15, 0.2) is 12.6 Å². The van der Waals surface area contributed by atoms with Crippen LogP contribution >= 0.6 is 0 Å². The van der Waals surface area contributed by atoms with Crippen molar-refractivity contribution < 1.29 is 14.3 Å². The van der Waals surface area contributed by atoms with Crippen molar-refractivity contribution in [3.05, 3.63) is 41.9 Å². The van der Waals surface area contributed by atoms with Crippen molar-refractivity contribution in [1.29, 1.82) is 0 Å². The second-order valence-electron chi connectivity index (χ2n) is 5.97. The summed E-state index contributed by atoms with van der Waals surface area (Å²) < 4.78 is 5.74. The largest absolute Gasteiger partial charge is 0.372 e. The van der Waals surface area contributed by atoms with E-state index in [-0.39, 0.29) is 12.2 Å². The Morgan fingerprint density at radius 2 is 1.88 bits per heavy atom. The number of nitrogens with zero attached hydrogens (tertiary/aromatic N) is 3. The van der Waals surface area contributed by atoms with Gasteiger partial charge in [-0.15, -0.1) is 0 Å². The predicted octanol–water partition coefficient (Wildman–Crippen LogP) is 2.38. The van der Waals surface area contributed by atoms with Crippen molar-refractivity contribution in [3.8, 4) is 11.3 Å². The number of hydrogen-bond donors (Lipinski definition) is 0. The first kappa shape index (κ1) is 16.3. The van der Waals surface area contributed by atoms with Crippen LogP contribution in [0.15, 0.2) is 30.5 Å². The van der Waals surface area contributed by atoms with E-state index in [0.717, 1.165) is 30.6 Å². The summed E-state index contributed by atoms with van der Waals surface area (Å²) in [6.07, 6.45) is 3.22. The van der Waals surface area contributed by atoms with E-state index in [1.165, 1.54) is 0 Å². The number of morpholine rings is 1. The molecule has 0 bridgehead atoms. The lowest BCUT2D eigenvalue weighted by molar-refractivity contribution is -0.00527. The van der Waals surface area contributed by atoms with E-state index in [9.17, 15) is 9.59 Å². The highest BCUT2D eigenvalue weighted by Crippen LogP contribution is 2.26. The molecule has 0 amide bonds. The number of rotatable bonds is 4. The van der Waals surface area contributed by atoms with Crippen molar-refractivity contribution in [3.63, 3.8) is 0 Å². The van der Waals surface area contributed by atoms with Gasteiger partial charge in [-0.25, -0.2) is 4.98 Å². The molecule has 1 aliphatic heterocycles. The van der Waals surface area contributed by atoms with E-state index < -0.39 is 0 Å². The maximum atomic E-state index is 11.6. The summed E-state index contributed by atoms with van der Waals surface area (Å²) in [5, 5.41) is 0. The van der Waals surface area contributed by atoms with E-state index in [4.69, 9.17) is 4.74 Å². The van der Waals surface area contributed by atoms with Crippen LogP contribution in [-0.2, 0) is 4.74 Å². The summed E-state index contributed by atoms with van der Waals surface area (Å²) >= 11 is 0. The fourth-order valence-corrected chi connectivity index (χ4v) is 3.03. The lowest BCUT2D eigenvalue weighted by atomic mass is 10.1. The molecule has 2 unspecified atom stereocenters. The Morgan fingerprint density at radius 3 is 2.54 bits per heavy atom. The molecule has 1 saturated heterocycles. The number of ether oxygens (including phenoxy) is 1. The Labute approximate surface area is 140 Å². The van der Waals surface area contributed by atoms with Gasteiger partial charge in [0, 0.05) is 24.8 Å². The van der Waals surface area contributed by atoms with Crippen molar-refractivity contribution in [2.75, 3.05) is 18.0 Å². The summed E-state index contributed by atoms with van der Waals surface area (Å²) in [5.41, 5.74) is 2.92. The molecule has 24 heavy (non-hydrogen) atoms. The minimum Gasteiger partial charge on any atom is -0.372 e. The second kappa shape index (κ2) is 6.88. The van der Waals surface area contributed by atoms with Crippen LogP contribution in [0.4, 0.5) is 5.69 Å². The Bertz CT molecular complexity index is 753. The molecular weight excluding hydrogens is 306 g/mol. The van der Waals surface area contributed by atoms with Crippen LogP contribution in [0, 0.1) is 0 Å². The van der Waals surface area contributed by atoms with Crippen molar-refractivity contribution in [2.24, 2.45) is 0 Å². The molecule has 3 rings (SSSR count). The van der Waals surface area contributed by atoms with Gasteiger partial charge in [0.1, 0.15) is 11.4 Å². The Morgan fingerprint density at radius 1 is 1.12 bits per heavy atom. The molecule has 0 N–H and O–H groups in total. The molecule has 2 atom stereocenters. The summed E-state index contributed by atoms with van der Waals surface area (Å²) in [5.74, 6) is 0. The zero-order chi connectivity index (χ0) is 17.1. The molecular formula is C18H19N3O3. The van der Waals surface area contributed by atoms with Crippen LogP contribution in [0.3, 0.4) is 0 Å². The topological polar surface area (TPSA) is 72.4 Å². The highest BCUT2D eigenvalue weighted by Gasteiger charge is 2.24. The van der Waals surface area contributed by atoms with Crippen LogP contribution in [0.25, 0.3) is 11.3 Å². The number of carbonyl (C=O) groups is 2. The monoisotopic (exact) mass is 325 g/mol. The molecule has 124 valence electrons. The van der Waals surface area contributed by atoms with Crippen LogP contribution in [0.5, 0.6) is 0 Å². The molecule has 6 heteroatoms. The quantitative estimate of drug-likeness (QED) is 0.804. The molecule has 0 aliphatic carbocycles. The molecule has 2 aromatic heterocycles. The third kappa shape index (κ3) is 3.33. The van der Waals surface area contributed by atoms with Gasteiger partial charge < -0.3 is 9.64 Å². The summed E-state index contributed by atoms with van der Waals surface area (Å²) in [6.45, 7) is 5.47. The maximum absolute atomic E-state index is 11.6. The summed E-state index contributed by atoms with van der Waals surface area (Å²) in [4.78, 5) is 33.0. The van der Waals surface area contributed by atoms with E-state index in [0.29, 0.717) is 23.4 Å². The summed E-state index contributed by atoms with van der Waals surface area (Å²) in [6, 6.07) is 7.18. The molecule has 0 radical (unpaired) electrons. The van der Waals surface area contributed by atoms with Crippen molar-refractivity contribution in [1.82, 2.24) is 9.97 Å². The molecule has 6 nitrogen and oxygen atoms in total. The van der Waals surface area contributed by atoms with Gasteiger partial charge >= 0.3 is 0 Å². The number of pyridine rings is 2. The van der Waals surface area contributed by atoms with E-state index in [1.807, 2.05) is 26.0 Å². The van der Waals surface area contributed by atoms with Crippen LogP contribution < -0.4 is 4.90 Å². The number of aldehydes is 2. The molecule has 2 aromatic rings. The van der Waals surface area contributed by atoms with Gasteiger partial charge in [0.2, 0.25) is 0 Å². The zero-order valence-corrected chi connectivity index (χ0v) is 13.7. The van der Waals surface area contributed by atoms with Gasteiger partial charge in [-0.1, -0.05) is 0 Å². The van der Waals surface area contributed by atoms with Crippen molar-refractivity contribution in [2.45, 2.75) is 26.1 Å². The molecule has 0 spiro atoms. The second-order valence-corrected chi connectivity index (χ2v) is 5.97. The van der Waals surface area contributed by atoms with Gasteiger partial charge in [0.05, 0.1) is 23.6 Å². The fraction of sp³-hybridized carbons (Fsp3) is 0.333. The van der Waals surface area contributed by atoms with Gasteiger partial charge in [-0.3, -0.25) is 14.6 Å². The first-order chi connectivity index (χ1) is 11.6. The standard InChI is InChI=1S/C18H19N3O3/c1-12-8-21(9-13(2)24-12)18-4-3-16(20-17(18)11-23)14-5-6-19-15(7-14)10-22/h3-7,10-13H,8-9H2,1-2H3. The first-order valence-corrected chi connectivity index (χ1v) is 7.89. The molecule has 1 aliphatic rings. The molecule has 0 aromatic carbocycles. The number of aromatic nitrogens is 2. The maximum Gasteiger partial charge on any atom is 0.170 e.